The fourth-order valence-electron chi connectivity index (χ4n) is 2.78. The molecule has 3 rings (SSSR count). The van der Waals surface area contributed by atoms with Crippen LogP contribution in [0.25, 0.3) is 0 Å². The van der Waals surface area contributed by atoms with Crippen molar-refractivity contribution in [2.45, 2.75) is 29.8 Å². The highest BCUT2D eigenvalue weighted by Gasteiger charge is 2.33. The Balaban J connectivity index is 1.79. The van der Waals surface area contributed by atoms with E-state index >= 15 is 0 Å². The van der Waals surface area contributed by atoms with Crippen LogP contribution in [0.4, 0.5) is 4.39 Å². The molecule has 0 bridgehead atoms. The Bertz CT molecular complexity index is 849. The number of thioether (sulfide) groups is 1. The standard InChI is InChI=1S/C16H18FN3O2S2/c1-2-7-20-15(13-6-8-24(21,22)11-13)18-19-16(20)23-10-12-4-3-5-14(17)9-12/h2-5,9,13H,1,6-8,10-11H2. The zero-order valence-electron chi connectivity index (χ0n) is 13.1. The number of aromatic nitrogens is 3. The van der Waals surface area contributed by atoms with Crippen molar-refractivity contribution in [2.24, 2.45) is 0 Å². The third-order valence-electron chi connectivity index (χ3n) is 3.91. The highest BCUT2D eigenvalue weighted by atomic mass is 32.2. The van der Waals surface area contributed by atoms with Crippen LogP contribution in [-0.2, 0) is 22.1 Å². The van der Waals surface area contributed by atoms with Crippen LogP contribution in [0.3, 0.4) is 0 Å². The van der Waals surface area contributed by atoms with E-state index in [0.717, 1.165) is 5.56 Å². The molecule has 1 saturated heterocycles. The summed E-state index contributed by atoms with van der Waals surface area (Å²) in [5.41, 5.74) is 0.859. The van der Waals surface area contributed by atoms with Gasteiger partial charge in [0.2, 0.25) is 0 Å². The smallest absolute Gasteiger partial charge is 0.191 e. The Morgan fingerprint density at radius 1 is 1.42 bits per heavy atom. The van der Waals surface area contributed by atoms with Crippen molar-refractivity contribution < 1.29 is 12.8 Å². The van der Waals surface area contributed by atoms with E-state index in [-0.39, 0.29) is 23.2 Å². The van der Waals surface area contributed by atoms with Gasteiger partial charge in [-0.2, -0.15) is 0 Å². The van der Waals surface area contributed by atoms with Crippen LogP contribution in [-0.4, -0.2) is 34.7 Å². The van der Waals surface area contributed by atoms with Crippen molar-refractivity contribution in [1.82, 2.24) is 14.8 Å². The molecule has 2 heterocycles. The molecule has 0 radical (unpaired) electrons. The molecule has 1 aromatic heterocycles. The monoisotopic (exact) mass is 367 g/mol. The van der Waals surface area contributed by atoms with Gasteiger partial charge in [-0.05, 0) is 24.1 Å². The van der Waals surface area contributed by atoms with Crippen LogP contribution < -0.4 is 0 Å². The van der Waals surface area contributed by atoms with Crippen LogP contribution >= 0.6 is 11.8 Å². The molecule has 1 aliphatic heterocycles. The molecule has 0 N–H and O–H groups in total. The van der Waals surface area contributed by atoms with E-state index in [4.69, 9.17) is 0 Å². The van der Waals surface area contributed by atoms with E-state index < -0.39 is 9.84 Å². The number of hydrogen-bond donors (Lipinski definition) is 0. The number of benzene rings is 1. The lowest BCUT2D eigenvalue weighted by Crippen LogP contribution is -2.11. The van der Waals surface area contributed by atoms with Gasteiger partial charge in [0.1, 0.15) is 11.6 Å². The second-order valence-electron chi connectivity index (χ2n) is 5.76. The van der Waals surface area contributed by atoms with Gasteiger partial charge in [-0.25, -0.2) is 12.8 Å². The number of nitrogens with zero attached hydrogens (tertiary/aromatic N) is 3. The van der Waals surface area contributed by atoms with Gasteiger partial charge in [-0.1, -0.05) is 30.0 Å². The van der Waals surface area contributed by atoms with Gasteiger partial charge < -0.3 is 4.57 Å². The zero-order chi connectivity index (χ0) is 17.2. The van der Waals surface area contributed by atoms with Gasteiger partial charge in [-0.3, -0.25) is 0 Å². The molecule has 128 valence electrons. The number of allylic oxidation sites excluding steroid dienone is 1. The average molecular weight is 367 g/mol. The molecule has 1 fully saturated rings. The lowest BCUT2D eigenvalue weighted by Gasteiger charge is -2.11. The minimum absolute atomic E-state index is 0.119. The Morgan fingerprint density at radius 2 is 2.25 bits per heavy atom. The maximum Gasteiger partial charge on any atom is 0.191 e. The molecule has 24 heavy (non-hydrogen) atoms. The van der Waals surface area contributed by atoms with Crippen molar-refractivity contribution in [2.75, 3.05) is 11.5 Å². The molecule has 5 nitrogen and oxygen atoms in total. The predicted molar refractivity (Wildman–Crippen MR) is 92.2 cm³/mol. The highest BCUT2D eigenvalue weighted by molar-refractivity contribution is 7.98. The van der Waals surface area contributed by atoms with Crippen molar-refractivity contribution in [3.63, 3.8) is 0 Å². The zero-order valence-corrected chi connectivity index (χ0v) is 14.7. The first kappa shape index (κ1) is 17.2. The number of rotatable bonds is 6. The molecule has 1 atom stereocenters. The molecule has 1 aliphatic rings. The van der Waals surface area contributed by atoms with E-state index in [9.17, 15) is 12.8 Å². The second kappa shape index (κ2) is 7.06. The van der Waals surface area contributed by atoms with E-state index in [1.807, 2.05) is 10.6 Å². The summed E-state index contributed by atoms with van der Waals surface area (Å²) in [5, 5.41) is 9.12. The summed E-state index contributed by atoms with van der Waals surface area (Å²) in [5.74, 6) is 1.19. The van der Waals surface area contributed by atoms with E-state index in [1.165, 1.54) is 23.9 Å². The Labute approximate surface area is 144 Å². The van der Waals surface area contributed by atoms with E-state index in [1.54, 1.807) is 12.1 Å². The summed E-state index contributed by atoms with van der Waals surface area (Å²) in [6.45, 7) is 4.27. The van der Waals surface area contributed by atoms with Gasteiger partial charge in [0.15, 0.2) is 15.0 Å². The molecule has 8 heteroatoms. The van der Waals surface area contributed by atoms with Crippen LogP contribution in [0.5, 0.6) is 0 Å². The summed E-state index contributed by atoms with van der Waals surface area (Å²) in [7, 11) is -2.98. The summed E-state index contributed by atoms with van der Waals surface area (Å²) in [4.78, 5) is 0. The normalized spacial score (nSPS) is 19.5. The molecule has 2 aromatic rings. The predicted octanol–water partition coefficient (Wildman–Crippen LogP) is 2.80. The lowest BCUT2D eigenvalue weighted by molar-refractivity contribution is 0.597. The molecular weight excluding hydrogens is 349 g/mol. The molecule has 1 aromatic carbocycles. The molecule has 0 spiro atoms. The van der Waals surface area contributed by atoms with Crippen molar-refractivity contribution in [3.05, 3.63) is 54.1 Å². The van der Waals surface area contributed by atoms with Crippen molar-refractivity contribution in [3.8, 4) is 0 Å². The van der Waals surface area contributed by atoms with Crippen molar-refractivity contribution >= 4 is 21.6 Å². The van der Waals surface area contributed by atoms with Crippen LogP contribution in [0.1, 0.15) is 23.7 Å². The molecule has 0 amide bonds. The summed E-state index contributed by atoms with van der Waals surface area (Å²) in [6, 6.07) is 6.43. The summed E-state index contributed by atoms with van der Waals surface area (Å²) < 4.78 is 38.6. The number of halogens is 1. The fourth-order valence-corrected chi connectivity index (χ4v) is 5.42. The minimum atomic E-state index is -2.98. The van der Waals surface area contributed by atoms with E-state index in [0.29, 0.717) is 29.7 Å². The van der Waals surface area contributed by atoms with Crippen LogP contribution in [0.2, 0.25) is 0 Å². The third-order valence-corrected chi connectivity index (χ3v) is 6.72. The van der Waals surface area contributed by atoms with Gasteiger partial charge in [0.25, 0.3) is 0 Å². The minimum Gasteiger partial charge on any atom is -0.302 e. The molecular formula is C16H18FN3O2S2. The number of hydrogen-bond acceptors (Lipinski definition) is 5. The quantitative estimate of drug-likeness (QED) is 0.580. The Kier molecular flexibility index (Phi) is 5.05. The molecule has 0 saturated carbocycles. The SMILES string of the molecule is C=CCn1c(SCc2cccc(F)c2)nnc1C1CCS(=O)(=O)C1. The Morgan fingerprint density at radius 3 is 2.92 bits per heavy atom. The van der Waals surface area contributed by atoms with Crippen molar-refractivity contribution in [1.29, 1.82) is 0 Å². The topological polar surface area (TPSA) is 64.8 Å². The first-order chi connectivity index (χ1) is 11.5. The first-order valence-corrected chi connectivity index (χ1v) is 10.4. The average Bonchev–Trinajstić information content (AvgIpc) is 3.09. The highest BCUT2D eigenvalue weighted by Crippen LogP contribution is 2.31. The van der Waals surface area contributed by atoms with Gasteiger partial charge in [0, 0.05) is 18.2 Å². The maximum absolute atomic E-state index is 13.3. The maximum atomic E-state index is 13.3. The fraction of sp³-hybridized carbons (Fsp3) is 0.375. The summed E-state index contributed by atoms with van der Waals surface area (Å²) in [6.07, 6.45) is 2.31. The van der Waals surface area contributed by atoms with Gasteiger partial charge >= 0.3 is 0 Å². The van der Waals surface area contributed by atoms with Crippen LogP contribution in [0, 0.1) is 5.82 Å². The Hall–Kier alpha value is -1.67. The third kappa shape index (κ3) is 3.87. The second-order valence-corrected chi connectivity index (χ2v) is 8.93. The van der Waals surface area contributed by atoms with Gasteiger partial charge in [-0.15, -0.1) is 16.8 Å². The van der Waals surface area contributed by atoms with Crippen LogP contribution in [0.15, 0.2) is 42.1 Å². The lowest BCUT2D eigenvalue weighted by atomic mass is 10.1. The summed E-state index contributed by atoms with van der Waals surface area (Å²) >= 11 is 1.45. The molecule has 0 aliphatic carbocycles. The molecule has 1 unspecified atom stereocenters. The van der Waals surface area contributed by atoms with Gasteiger partial charge in [0.05, 0.1) is 11.5 Å². The first-order valence-electron chi connectivity index (χ1n) is 7.60. The largest absolute Gasteiger partial charge is 0.302 e. The number of sulfone groups is 1. The van der Waals surface area contributed by atoms with E-state index in [2.05, 4.69) is 16.8 Å².